The molecule has 0 aliphatic rings. The van der Waals surface area contributed by atoms with Crippen molar-refractivity contribution < 1.29 is 14.3 Å². The number of nitrogens with zero attached hydrogens (tertiary/aromatic N) is 1. The Morgan fingerprint density at radius 2 is 2.00 bits per heavy atom. The highest BCUT2D eigenvalue weighted by Gasteiger charge is 2.15. The van der Waals surface area contributed by atoms with Gasteiger partial charge in [0.2, 0.25) is 0 Å². The molecular formula is C13H19N3O4. The van der Waals surface area contributed by atoms with Gasteiger partial charge in [0, 0.05) is 23.5 Å². The SMILES string of the molecule is CC(C)(C)NC(=O)COC(=O)Cn1cc(N)ccc1=O. The molecule has 0 atom stereocenters. The molecule has 1 rings (SSSR count). The van der Waals surface area contributed by atoms with E-state index >= 15 is 0 Å². The molecule has 1 aromatic rings. The van der Waals surface area contributed by atoms with Gasteiger partial charge in [0.15, 0.2) is 6.61 Å². The van der Waals surface area contributed by atoms with Gasteiger partial charge in [-0.05, 0) is 26.8 Å². The maximum absolute atomic E-state index is 11.5. The third-order valence-electron chi connectivity index (χ3n) is 2.18. The molecule has 0 aliphatic carbocycles. The monoisotopic (exact) mass is 281 g/mol. The van der Waals surface area contributed by atoms with Gasteiger partial charge in [-0.2, -0.15) is 0 Å². The molecule has 0 fully saturated rings. The van der Waals surface area contributed by atoms with E-state index in [4.69, 9.17) is 10.5 Å². The second kappa shape index (κ2) is 6.23. The number of carbonyl (C=O) groups is 2. The average molecular weight is 281 g/mol. The summed E-state index contributed by atoms with van der Waals surface area (Å²) in [6.45, 7) is 4.79. The number of ether oxygens (including phenoxy) is 1. The van der Waals surface area contributed by atoms with E-state index in [1.54, 1.807) is 0 Å². The predicted octanol–water partition coefficient (Wildman–Crippen LogP) is -0.112. The topological polar surface area (TPSA) is 103 Å². The van der Waals surface area contributed by atoms with Crippen LogP contribution in [0.1, 0.15) is 20.8 Å². The lowest BCUT2D eigenvalue weighted by Gasteiger charge is -2.20. The zero-order valence-corrected chi connectivity index (χ0v) is 11.8. The number of hydrogen-bond acceptors (Lipinski definition) is 5. The molecule has 1 aromatic heterocycles. The van der Waals surface area contributed by atoms with Gasteiger partial charge in [-0.25, -0.2) is 0 Å². The van der Waals surface area contributed by atoms with Gasteiger partial charge >= 0.3 is 5.97 Å². The van der Waals surface area contributed by atoms with Crippen molar-refractivity contribution in [3.63, 3.8) is 0 Å². The van der Waals surface area contributed by atoms with Crippen LogP contribution in [0.15, 0.2) is 23.1 Å². The summed E-state index contributed by atoms with van der Waals surface area (Å²) in [6, 6.07) is 2.70. The van der Waals surface area contributed by atoms with Gasteiger partial charge in [-0.3, -0.25) is 14.4 Å². The number of amides is 1. The van der Waals surface area contributed by atoms with Crippen LogP contribution in [0.25, 0.3) is 0 Å². The summed E-state index contributed by atoms with van der Waals surface area (Å²) in [5.74, 6) is -1.08. The quantitative estimate of drug-likeness (QED) is 0.749. The Bertz CT molecular complexity index is 557. The number of nitrogens with two attached hydrogens (primary N) is 1. The summed E-state index contributed by atoms with van der Waals surface area (Å²) < 4.78 is 5.92. The molecule has 20 heavy (non-hydrogen) atoms. The highest BCUT2D eigenvalue weighted by atomic mass is 16.5. The molecule has 0 unspecified atom stereocenters. The smallest absolute Gasteiger partial charge is 0.326 e. The van der Waals surface area contributed by atoms with Gasteiger partial charge in [-0.1, -0.05) is 0 Å². The summed E-state index contributed by atoms with van der Waals surface area (Å²) in [5.41, 5.74) is 5.12. The first kappa shape index (κ1) is 15.7. The second-order valence-corrected chi connectivity index (χ2v) is 5.39. The number of hydrogen-bond donors (Lipinski definition) is 2. The van der Waals surface area contributed by atoms with Crippen molar-refractivity contribution in [1.29, 1.82) is 0 Å². The first-order valence-electron chi connectivity index (χ1n) is 6.10. The molecule has 7 heteroatoms. The minimum Gasteiger partial charge on any atom is -0.454 e. The van der Waals surface area contributed by atoms with E-state index in [9.17, 15) is 14.4 Å². The van der Waals surface area contributed by atoms with E-state index in [1.165, 1.54) is 18.3 Å². The minimum absolute atomic E-state index is 0.285. The maximum Gasteiger partial charge on any atom is 0.326 e. The minimum atomic E-state index is -0.679. The molecule has 3 N–H and O–H groups in total. The van der Waals surface area contributed by atoms with Gasteiger partial charge < -0.3 is 20.4 Å². The second-order valence-electron chi connectivity index (χ2n) is 5.39. The lowest BCUT2D eigenvalue weighted by atomic mass is 10.1. The fourth-order valence-corrected chi connectivity index (χ4v) is 1.46. The molecule has 0 saturated carbocycles. The van der Waals surface area contributed by atoms with Crippen LogP contribution in [-0.4, -0.2) is 28.6 Å². The standard InChI is InChI=1S/C13H19N3O4/c1-13(2,3)15-10(17)8-20-12(19)7-16-6-9(14)4-5-11(16)18/h4-6H,7-8,14H2,1-3H3,(H,15,17). The summed E-state index contributed by atoms with van der Waals surface area (Å²) >= 11 is 0. The van der Waals surface area contributed by atoms with Crippen LogP contribution in [0, 0.1) is 0 Å². The molecule has 0 radical (unpaired) electrons. The Morgan fingerprint density at radius 1 is 1.35 bits per heavy atom. The van der Waals surface area contributed by atoms with E-state index < -0.39 is 17.4 Å². The number of aromatic nitrogens is 1. The van der Waals surface area contributed by atoms with Crippen LogP contribution in [0.5, 0.6) is 0 Å². The first-order chi connectivity index (χ1) is 9.17. The van der Waals surface area contributed by atoms with Gasteiger partial charge in [0.05, 0.1) is 0 Å². The average Bonchev–Trinajstić information content (AvgIpc) is 2.29. The molecule has 0 spiro atoms. The van der Waals surface area contributed by atoms with E-state index in [2.05, 4.69) is 5.32 Å². The Kier molecular flexibility index (Phi) is 4.90. The largest absolute Gasteiger partial charge is 0.454 e. The Morgan fingerprint density at radius 3 is 2.60 bits per heavy atom. The first-order valence-corrected chi connectivity index (χ1v) is 6.10. The highest BCUT2D eigenvalue weighted by Crippen LogP contribution is 1.99. The summed E-state index contributed by atoms with van der Waals surface area (Å²) in [5, 5.41) is 2.65. The Balaban J connectivity index is 2.50. The van der Waals surface area contributed by atoms with E-state index in [1.807, 2.05) is 20.8 Å². The molecule has 110 valence electrons. The number of nitrogens with one attached hydrogen (secondary N) is 1. The third-order valence-corrected chi connectivity index (χ3v) is 2.18. The van der Waals surface area contributed by atoms with Crippen LogP contribution in [0.2, 0.25) is 0 Å². The van der Waals surface area contributed by atoms with Crippen molar-refractivity contribution in [2.75, 3.05) is 12.3 Å². The number of rotatable bonds is 4. The number of carbonyl (C=O) groups excluding carboxylic acids is 2. The number of anilines is 1. The molecule has 1 amide bonds. The van der Waals surface area contributed by atoms with Crippen molar-refractivity contribution in [2.45, 2.75) is 32.9 Å². The Hall–Kier alpha value is -2.31. The molecule has 0 saturated heterocycles. The van der Waals surface area contributed by atoms with Crippen molar-refractivity contribution in [3.05, 3.63) is 28.7 Å². The molecule has 0 bridgehead atoms. The molecule has 0 aromatic carbocycles. The molecule has 0 aliphatic heterocycles. The fraction of sp³-hybridized carbons (Fsp3) is 0.462. The number of nitrogen functional groups attached to an aromatic ring is 1. The zero-order chi connectivity index (χ0) is 15.3. The summed E-state index contributed by atoms with van der Waals surface area (Å²) in [6.07, 6.45) is 1.35. The van der Waals surface area contributed by atoms with Crippen molar-refractivity contribution in [3.8, 4) is 0 Å². The van der Waals surface area contributed by atoms with Crippen LogP contribution < -0.4 is 16.6 Å². The summed E-state index contributed by atoms with van der Waals surface area (Å²) in [4.78, 5) is 34.5. The normalized spacial score (nSPS) is 10.9. The number of esters is 1. The zero-order valence-electron chi connectivity index (χ0n) is 11.8. The van der Waals surface area contributed by atoms with E-state index in [0.29, 0.717) is 5.69 Å². The lowest BCUT2D eigenvalue weighted by Crippen LogP contribution is -2.43. The van der Waals surface area contributed by atoms with Crippen LogP contribution >= 0.6 is 0 Å². The fourth-order valence-electron chi connectivity index (χ4n) is 1.46. The lowest BCUT2D eigenvalue weighted by molar-refractivity contribution is -0.149. The van der Waals surface area contributed by atoms with Gasteiger partial charge in [0.25, 0.3) is 11.5 Å². The predicted molar refractivity (Wildman–Crippen MR) is 74.0 cm³/mol. The third kappa shape index (κ3) is 5.55. The van der Waals surface area contributed by atoms with Crippen LogP contribution in [0.3, 0.4) is 0 Å². The van der Waals surface area contributed by atoms with Crippen molar-refractivity contribution in [2.24, 2.45) is 0 Å². The highest BCUT2D eigenvalue weighted by molar-refractivity contribution is 5.80. The molecular weight excluding hydrogens is 262 g/mol. The number of pyridine rings is 1. The van der Waals surface area contributed by atoms with Gasteiger partial charge in [-0.15, -0.1) is 0 Å². The molecule has 7 nitrogen and oxygen atoms in total. The van der Waals surface area contributed by atoms with E-state index in [-0.39, 0.29) is 18.7 Å². The maximum atomic E-state index is 11.5. The van der Waals surface area contributed by atoms with Crippen molar-refractivity contribution in [1.82, 2.24) is 9.88 Å². The van der Waals surface area contributed by atoms with Crippen molar-refractivity contribution >= 4 is 17.6 Å². The van der Waals surface area contributed by atoms with E-state index in [0.717, 1.165) is 4.57 Å². The molecule has 1 heterocycles. The van der Waals surface area contributed by atoms with Crippen LogP contribution in [-0.2, 0) is 20.9 Å². The Labute approximate surface area is 116 Å². The summed E-state index contributed by atoms with van der Waals surface area (Å²) in [7, 11) is 0. The van der Waals surface area contributed by atoms with Gasteiger partial charge in [0.1, 0.15) is 6.54 Å². The van der Waals surface area contributed by atoms with Crippen LogP contribution in [0.4, 0.5) is 5.69 Å².